The molecule has 0 spiro atoms. The Kier molecular flexibility index (Phi) is 3.03. The molecule has 0 radical (unpaired) electrons. The second-order valence-corrected chi connectivity index (χ2v) is 4.27. The quantitative estimate of drug-likeness (QED) is 0.633. The summed E-state index contributed by atoms with van der Waals surface area (Å²) in [6, 6.07) is 0.0486. The standard InChI is InChI=1S/C10H18N2O2/c13-7-8-3-5-12(6-8)10(14)9-2-1-4-11-9/h8-9,11,13H,1-7H2/t8-,9-/m0/s1. The number of carbonyl (C=O) groups is 1. The molecule has 2 aliphatic heterocycles. The van der Waals surface area contributed by atoms with Gasteiger partial charge in [0.2, 0.25) is 5.91 Å². The SMILES string of the molecule is O=C([C@@H]1CCCN1)N1CC[C@H](CO)C1. The van der Waals surface area contributed by atoms with E-state index in [9.17, 15) is 4.79 Å². The average molecular weight is 198 g/mol. The number of likely N-dealkylation sites (tertiary alicyclic amines) is 1. The highest BCUT2D eigenvalue weighted by Gasteiger charge is 2.31. The fraction of sp³-hybridized carbons (Fsp3) is 0.900. The second kappa shape index (κ2) is 4.28. The third-order valence-corrected chi connectivity index (χ3v) is 3.21. The summed E-state index contributed by atoms with van der Waals surface area (Å²) < 4.78 is 0. The zero-order chi connectivity index (χ0) is 9.97. The molecule has 0 bridgehead atoms. The van der Waals surface area contributed by atoms with E-state index in [0.717, 1.165) is 38.9 Å². The molecule has 0 aliphatic carbocycles. The van der Waals surface area contributed by atoms with Gasteiger partial charge in [-0.15, -0.1) is 0 Å². The van der Waals surface area contributed by atoms with E-state index < -0.39 is 0 Å². The lowest BCUT2D eigenvalue weighted by molar-refractivity contribution is -0.132. The molecule has 0 saturated carbocycles. The molecular weight excluding hydrogens is 180 g/mol. The van der Waals surface area contributed by atoms with Crippen molar-refractivity contribution < 1.29 is 9.90 Å². The summed E-state index contributed by atoms with van der Waals surface area (Å²) in [5.41, 5.74) is 0. The molecular formula is C10H18N2O2. The molecule has 0 aromatic rings. The van der Waals surface area contributed by atoms with Gasteiger partial charge in [-0.3, -0.25) is 4.79 Å². The first kappa shape index (κ1) is 9.93. The third-order valence-electron chi connectivity index (χ3n) is 3.21. The Morgan fingerprint density at radius 1 is 1.50 bits per heavy atom. The van der Waals surface area contributed by atoms with Crippen LogP contribution in [0.5, 0.6) is 0 Å². The summed E-state index contributed by atoms with van der Waals surface area (Å²) in [5, 5.41) is 12.2. The van der Waals surface area contributed by atoms with Crippen LogP contribution in [0.25, 0.3) is 0 Å². The third kappa shape index (κ3) is 1.91. The van der Waals surface area contributed by atoms with Crippen LogP contribution in [-0.2, 0) is 4.79 Å². The van der Waals surface area contributed by atoms with Crippen LogP contribution in [-0.4, -0.2) is 48.2 Å². The molecule has 80 valence electrons. The van der Waals surface area contributed by atoms with Crippen molar-refractivity contribution in [3.05, 3.63) is 0 Å². The fourth-order valence-corrected chi connectivity index (χ4v) is 2.30. The van der Waals surface area contributed by atoms with Crippen LogP contribution in [0.2, 0.25) is 0 Å². The molecule has 2 aliphatic rings. The molecule has 4 heteroatoms. The molecule has 2 saturated heterocycles. The van der Waals surface area contributed by atoms with Crippen LogP contribution < -0.4 is 5.32 Å². The summed E-state index contributed by atoms with van der Waals surface area (Å²) >= 11 is 0. The van der Waals surface area contributed by atoms with Gasteiger partial charge in [0.15, 0.2) is 0 Å². The zero-order valence-corrected chi connectivity index (χ0v) is 8.41. The van der Waals surface area contributed by atoms with Gasteiger partial charge in [-0.25, -0.2) is 0 Å². The summed E-state index contributed by atoms with van der Waals surface area (Å²) in [6.07, 6.45) is 3.03. The number of hydrogen-bond donors (Lipinski definition) is 2. The molecule has 14 heavy (non-hydrogen) atoms. The minimum Gasteiger partial charge on any atom is -0.396 e. The monoisotopic (exact) mass is 198 g/mol. The van der Waals surface area contributed by atoms with Gasteiger partial charge < -0.3 is 15.3 Å². The molecule has 2 heterocycles. The first-order chi connectivity index (χ1) is 6.81. The molecule has 2 N–H and O–H groups in total. The van der Waals surface area contributed by atoms with E-state index >= 15 is 0 Å². The number of hydrogen-bond acceptors (Lipinski definition) is 3. The Morgan fingerprint density at radius 2 is 2.36 bits per heavy atom. The molecule has 1 amide bonds. The van der Waals surface area contributed by atoms with Crippen molar-refractivity contribution in [1.82, 2.24) is 10.2 Å². The van der Waals surface area contributed by atoms with E-state index in [-0.39, 0.29) is 18.6 Å². The minimum absolute atomic E-state index is 0.0486. The van der Waals surface area contributed by atoms with Gasteiger partial charge in [-0.05, 0) is 25.8 Å². The number of carbonyl (C=O) groups excluding carboxylic acids is 1. The highest BCUT2D eigenvalue weighted by atomic mass is 16.3. The lowest BCUT2D eigenvalue weighted by Gasteiger charge is -2.20. The average Bonchev–Trinajstić information content (AvgIpc) is 2.88. The Balaban J connectivity index is 1.86. The van der Waals surface area contributed by atoms with Gasteiger partial charge in [0.05, 0.1) is 6.04 Å². The topological polar surface area (TPSA) is 52.6 Å². The number of nitrogens with zero attached hydrogens (tertiary/aromatic N) is 1. The second-order valence-electron chi connectivity index (χ2n) is 4.27. The van der Waals surface area contributed by atoms with Gasteiger partial charge >= 0.3 is 0 Å². The first-order valence-corrected chi connectivity index (χ1v) is 5.44. The summed E-state index contributed by atoms with van der Waals surface area (Å²) in [6.45, 7) is 2.74. The number of rotatable bonds is 2. The van der Waals surface area contributed by atoms with Crippen molar-refractivity contribution in [3.63, 3.8) is 0 Å². The van der Waals surface area contributed by atoms with Crippen LogP contribution in [0.1, 0.15) is 19.3 Å². The number of aliphatic hydroxyl groups excluding tert-OH is 1. The predicted molar refractivity (Wildman–Crippen MR) is 52.8 cm³/mol. The van der Waals surface area contributed by atoms with Crippen LogP contribution in [0.15, 0.2) is 0 Å². The first-order valence-electron chi connectivity index (χ1n) is 5.44. The zero-order valence-electron chi connectivity index (χ0n) is 8.41. The Hall–Kier alpha value is -0.610. The summed E-state index contributed by atoms with van der Waals surface area (Å²) in [7, 11) is 0. The van der Waals surface area contributed by atoms with Crippen LogP contribution in [0.4, 0.5) is 0 Å². The number of nitrogens with one attached hydrogen (secondary N) is 1. The van der Waals surface area contributed by atoms with Crippen molar-refractivity contribution in [3.8, 4) is 0 Å². The summed E-state index contributed by atoms with van der Waals surface area (Å²) in [4.78, 5) is 13.8. The molecule has 2 rings (SSSR count). The Bertz CT molecular complexity index is 214. The van der Waals surface area contributed by atoms with Crippen molar-refractivity contribution in [2.75, 3.05) is 26.2 Å². The van der Waals surface area contributed by atoms with E-state index in [1.54, 1.807) is 0 Å². The Labute approximate surface area is 84.3 Å². The lowest BCUT2D eigenvalue weighted by atomic mass is 10.1. The summed E-state index contributed by atoms with van der Waals surface area (Å²) in [5.74, 6) is 0.541. The smallest absolute Gasteiger partial charge is 0.239 e. The van der Waals surface area contributed by atoms with Crippen molar-refractivity contribution in [1.29, 1.82) is 0 Å². The van der Waals surface area contributed by atoms with E-state index in [0.29, 0.717) is 5.92 Å². The fourth-order valence-electron chi connectivity index (χ4n) is 2.30. The molecule has 2 atom stereocenters. The van der Waals surface area contributed by atoms with Gasteiger partial charge in [-0.1, -0.05) is 0 Å². The molecule has 0 unspecified atom stereocenters. The van der Waals surface area contributed by atoms with Crippen molar-refractivity contribution in [2.45, 2.75) is 25.3 Å². The van der Waals surface area contributed by atoms with Crippen molar-refractivity contribution >= 4 is 5.91 Å². The normalized spacial score (nSPS) is 32.5. The van der Waals surface area contributed by atoms with Gasteiger partial charge in [-0.2, -0.15) is 0 Å². The maximum Gasteiger partial charge on any atom is 0.239 e. The highest BCUT2D eigenvalue weighted by molar-refractivity contribution is 5.82. The van der Waals surface area contributed by atoms with E-state index in [1.165, 1.54) is 0 Å². The molecule has 2 fully saturated rings. The number of aliphatic hydroxyl groups is 1. The van der Waals surface area contributed by atoms with Crippen molar-refractivity contribution in [2.24, 2.45) is 5.92 Å². The van der Waals surface area contributed by atoms with Gasteiger partial charge in [0.1, 0.15) is 0 Å². The molecule has 0 aromatic heterocycles. The van der Waals surface area contributed by atoms with Crippen LogP contribution >= 0.6 is 0 Å². The maximum absolute atomic E-state index is 11.9. The van der Waals surface area contributed by atoms with Gasteiger partial charge in [0, 0.05) is 25.6 Å². The van der Waals surface area contributed by atoms with Crippen LogP contribution in [0.3, 0.4) is 0 Å². The van der Waals surface area contributed by atoms with E-state index in [2.05, 4.69) is 5.32 Å². The largest absolute Gasteiger partial charge is 0.396 e. The van der Waals surface area contributed by atoms with E-state index in [1.807, 2.05) is 4.90 Å². The van der Waals surface area contributed by atoms with Gasteiger partial charge in [0.25, 0.3) is 0 Å². The number of amides is 1. The Morgan fingerprint density at radius 3 is 2.93 bits per heavy atom. The molecule has 0 aromatic carbocycles. The van der Waals surface area contributed by atoms with E-state index in [4.69, 9.17) is 5.11 Å². The molecule has 4 nitrogen and oxygen atoms in total. The maximum atomic E-state index is 11.9. The highest BCUT2D eigenvalue weighted by Crippen LogP contribution is 2.18. The predicted octanol–water partition coefficient (Wildman–Crippen LogP) is -0.421. The minimum atomic E-state index is 0.0486. The van der Waals surface area contributed by atoms with Crippen LogP contribution in [0, 0.1) is 5.92 Å². The lowest BCUT2D eigenvalue weighted by Crippen LogP contribution is -2.42.